The van der Waals surface area contributed by atoms with Crippen LogP contribution < -0.4 is 11.1 Å². The Bertz CT molecular complexity index is 392. The van der Waals surface area contributed by atoms with Gasteiger partial charge in [-0.2, -0.15) is 0 Å². The van der Waals surface area contributed by atoms with Gasteiger partial charge in [-0.15, -0.1) is 0 Å². The zero-order chi connectivity index (χ0) is 13.5. The number of amides is 1. The van der Waals surface area contributed by atoms with Crippen molar-refractivity contribution in [2.24, 2.45) is 5.73 Å². The van der Waals surface area contributed by atoms with Crippen LogP contribution >= 0.6 is 0 Å². The van der Waals surface area contributed by atoms with Crippen molar-refractivity contribution in [3.05, 3.63) is 24.0 Å². The topological polar surface area (TPSA) is 71.2 Å². The van der Waals surface area contributed by atoms with Crippen LogP contribution in [0.2, 0.25) is 0 Å². The molecule has 0 fully saturated rings. The maximum atomic E-state index is 11.0. The first-order valence-corrected chi connectivity index (χ1v) is 6.20. The number of nitrogens with two attached hydrogens (primary N) is 1. The maximum Gasteiger partial charge on any atom is 0.267 e. The van der Waals surface area contributed by atoms with Crippen molar-refractivity contribution in [3.8, 4) is 0 Å². The van der Waals surface area contributed by atoms with Crippen LogP contribution in [0.3, 0.4) is 0 Å². The van der Waals surface area contributed by atoms with E-state index in [2.05, 4.69) is 36.1 Å². The van der Waals surface area contributed by atoms with Crippen molar-refractivity contribution in [3.63, 3.8) is 0 Å². The monoisotopic (exact) mass is 250 g/mol. The van der Waals surface area contributed by atoms with E-state index in [0.29, 0.717) is 11.7 Å². The quantitative estimate of drug-likeness (QED) is 0.716. The molecule has 1 rings (SSSR count). The van der Waals surface area contributed by atoms with Crippen LogP contribution in [0.1, 0.15) is 30.8 Å². The van der Waals surface area contributed by atoms with E-state index in [1.807, 2.05) is 6.07 Å². The number of nitrogens with one attached hydrogen (secondary N) is 1. The van der Waals surface area contributed by atoms with E-state index in [1.54, 1.807) is 12.3 Å². The van der Waals surface area contributed by atoms with Crippen LogP contribution in [-0.4, -0.2) is 42.0 Å². The van der Waals surface area contributed by atoms with Crippen molar-refractivity contribution in [1.82, 2.24) is 9.88 Å². The molecule has 0 aliphatic rings. The van der Waals surface area contributed by atoms with E-state index in [4.69, 9.17) is 5.73 Å². The average molecular weight is 250 g/mol. The Hall–Kier alpha value is -1.62. The summed E-state index contributed by atoms with van der Waals surface area (Å²) < 4.78 is 0. The van der Waals surface area contributed by atoms with Crippen molar-refractivity contribution in [2.75, 3.05) is 25.5 Å². The number of primary amides is 1. The van der Waals surface area contributed by atoms with Gasteiger partial charge in [0.1, 0.15) is 5.69 Å². The van der Waals surface area contributed by atoms with Gasteiger partial charge >= 0.3 is 0 Å². The van der Waals surface area contributed by atoms with E-state index in [9.17, 15) is 4.79 Å². The van der Waals surface area contributed by atoms with Crippen molar-refractivity contribution in [2.45, 2.75) is 26.3 Å². The van der Waals surface area contributed by atoms with Gasteiger partial charge in [0.25, 0.3) is 5.91 Å². The zero-order valence-corrected chi connectivity index (χ0v) is 11.3. The predicted octanol–water partition coefficient (Wildman–Crippen LogP) is 1.32. The number of pyridine rings is 1. The number of hydrogen-bond acceptors (Lipinski definition) is 4. The first-order valence-electron chi connectivity index (χ1n) is 6.20. The summed E-state index contributed by atoms with van der Waals surface area (Å²) >= 11 is 0. The van der Waals surface area contributed by atoms with Gasteiger partial charge in [0, 0.05) is 24.5 Å². The highest BCUT2D eigenvalue weighted by molar-refractivity contribution is 5.91. The Kier molecular flexibility index (Phi) is 5.58. The number of aromatic nitrogens is 1. The minimum absolute atomic E-state index is 0.291. The summed E-state index contributed by atoms with van der Waals surface area (Å²) in [6.45, 7) is 6.25. The normalized spacial score (nSPS) is 10.9. The first kappa shape index (κ1) is 14.4. The molecule has 0 bridgehead atoms. The summed E-state index contributed by atoms with van der Waals surface area (Å²) in [5.74, 6) is -0.502. The van der Waals surface area contributed by atoms with Crippen LogP contribution in [0.4, 0.5) is 5.69 Å². The highest BCUT2D eigenvalue weighted by Crippen LogP contribution is 2.07. The highest BCUT2D eigenvalue weighted by atomic mass is 16.1. The fourth-order valence-corrected chi connectivity index (χ4v) is 1.49. The number of rotatable bonds is 7. The van der Waals surface area contributed by atoms with Gasteiger partial charge in [0.05, 0.1) is 0 Å². The van der Waals surface area contributed by atoms with Gasteiger partial charge in [0.2, 0.25) is 0 Å². The van der Waals surface area contributed by atoms with E-state index in [1.165, 1.54) is 0 Å². The molecular weight excluding hydrogens is 228 g/mol. The molecule has 1 aromatic rings. The van der Waals surface area contributed by atoms with E-state index in [0.717, 1.165) is 25.2 Å². The van der Waals surface area contributed by atoms with Gasteiger partial charge < -0.3 is 16.0 Å². The fourth-order valence-electron chi connectivity index (χ4n) is 1.49. The summed E-state index contributed by atoms with van der Waals surface area (Å²) in [6.07, 6.45) is 2.63. The second kappa shape index (κ2) is 6.96. The molecule has 3 N–H and O–H groups in total. The molecule has 18 heavy (non-hydrogen) atoms. The second-order valence-electron chi connectivity index (χ2n) is 4.65. The lowest BCUT2D eigenvalue weighted by Crippen LogP contribution is -2.28. The fraction of sp³-hybridized carbons (Fsp3) is 0.538. The third kappa shape index (κ3) is 4.71. The van der Waals surface area contributed by atoms with Crippen LogP contribution in [0.25, 0.3) is 0 Å². The molecule has 0 saturated heterocycles. The molecule has 0 atom stereocenters. The standard InChI is InChI=1S/C13H22N4O/c1-10(2)17(3)8-4-6-15-11-5-7-16-12(9-11)13(14)18/h5,7,9-10H,4,6,8H2,1-3H3,(H2,14,18)(H,15,16). The van der Waals surface area contributed by atoms with Crippen LogP contribution in [0.15, 0.2) is 18.3 Å². The predicted molar refractivity (Wildman–Crippen MR) is 73.6 cm³/mol. The van der Waals surface area contributed by atoms with Crippen molar-refractivity contribution < 1.29 is 4.79 Å². The molecule has 5 heteroatoms. The molecule has 100 valence electrons. The highest BCUT2D eigenvalue weighted by Gasteiger charge is 2.04. The minimum Gasteiger partial charge on any atom is -0.385 e. The molecule has 1 amide bonds. The lowest BCUT2D eigenvalue weighted by Gasteiger charge is -2.20. The second-order valence-corrected chi connectivity index (χ2v) is 4.65. The smallest absolute Gasteiger partial charge is 0.267 e. The third-order valence-electron chi connectivity index (χ3n) is 2.91. The van der Waals surface area contributed by atoms with Gasteiger partial charge in [0.15, 0.2) is 0 Å². The van der Waals surface area contributed by atoms with Crippen molar-refractivity contribution >= 4 is 11.6 Å². The van der Waals surface area contributed by atoms with Gasteiger partial charge in [-0.1, -0.05) is 0 Å². The molecule has 0 aliphatic heterocycles. The lowest BCUT2D eigenvalue weighted by molar-refractivity contribution is 0.0995. The number of carbonyl (C=O) groups is 1. The molecule has 5 nitrogen and oxygen atoms in total. The van der Waals surface area contributed by atoms with Crippen LogP contribution in [0, 0.1) is 0 Å². The Morgan fingerprint density at radius 2 is 2.28 bits per heavy atom. The average Bonchev–Trinajstić information content (AvgIpc) is 2.34. The molecule has 1 aromatic heterocycles. The largest absolute Gasteiger partial charge is 0.385 e. The number of anilines is 1. The Morgan fingerprint density at radius 1 is 1.56 bits per heavy atom. The molecule has 0 radical (unpaired) electrons. The SMILES string of the molecule is CC(C)N(C)CCCNc1ccnc(C(N)=O)c1. The Morgan fingerprint density at radius 3 is 2.89 bits per heavy atom. The van der Waals surface area contributed by atoms with Crippen LogP contribution in [-0.2, 0) is 0 Å². The summed E-state index contributed by atoms with van der Waals surface area (Å²) in [5.41, 5.74) is 6.35. The van der Waals surface area contributed by atoms with Gasteiger partial charge in [-0.25, -0.2) is 0 Å². The summed E-state index contributed by atoms with van der Waals surface area (Å²) in [4.78, 5) is 17.2. The molecular formula is C13H22N4O. The van der Waals surface area contributed by atoms with E-state index in [-0.39, 0.29) is 0 Å². The minimum atomic E-state index is -0.502. The number of nitrogens with zero attached hydrogens (tertiary/aromatic N) is 2. The first-order chi connectivity index (χ1) is 8.50. The Labute approximate surface area is 108 Å². The summed E-state index contributed by atoms with van der Waals surface area (Å²) in [7, 11) is 2.11. The molecule has 0 saturated carbocycles. The molecule has 0 unspecified atom stereocenters. The van der Waals surface area contributed by atoms with E-state index >= 15 is 0 Å². The van der Waals surface area contributed by atoms with Gasteiger partial charge in [-0.3, -0.25) is 9.78 Å². The van der Waals surface area contributed by atoms with E-state index < -0.39 is 5.91 Å². The summed E-state index contributed by atoms with van der Waals surface area (Å²) in [5, 5.41) is 3.26. The van der Waals surface area contributed by atoms with Gasteiger partial charge in [-0.05, 0) is 46.0 Å². The molecule has 0 aromatic carbocycles. The Balaban J connectivity index is 2.35. The molecule has 1 heterocycles. The number of hydrogen-bond donors (Lipinski definition) is 2. The number of carbonyl (C=O) groups excluding carboxylic acids is 1. The van der Waals surface area contributed by atoms with Crippen LogP contribution in [0.5, 0.6) is 0 Å². The third-order valence-corrected chi connectivity index (χ3v) is 2.91. The zero-order valence-electron chi connectivity index (χ0n) is 11.3. The van der Waals surface area contributed by atoms with Crippen molar-refractivity contribution in [1.29, 1.82) is 0 Å². The molecule has 0 aliphatic carbocycles. The lowest BCUT2D eigenvalue weighted by atomic mass is 10.3. The maximum absolute atomic E-state index is 11.0. The summed E-state index contributed by atoms with van der Waals surface area (Å²) in [6, 6.07) is 4.07. The molecule has 0 spiro atoms.